The monoisotopic (exact) mass is 271 g/mol. The molecule has 0 aromatic carbocycles. The molecule has 0 aromatic heterocycles. The third-order valence-electron chi connectivity index (χ3n) is 7.19. The molecule has 0 saturated heterocycles. The lowest BCUT2D eigenvalue weighted by atomic mass is 9.34. The van der Waals surface area contributed by atoms with Crippen LogP contribution in [-0.2, 0) is 0 Å². The highest BCUT2D eigenvalue weighted by atomic mass is 14.7. The first kappa shape index (κ1) is 16.5. The third kappa shape index (κ3) is 2.61. The predicted molar refractivity (Wildman–Crippen MR) is 91.5 cm³/mol. The standard InChI is InChI=1S/C18H33B2/c1-6-7-8-9-12-20-18(5,19)15-13-14-10-11-17(15,4)16(14,2)3/h14-15H,6-13H2,1-5H3. The molecule has 2 heteroatoms. The minimum atomic E-state index is -0.0760. The van der Waals surface area contributed by atoms with Gasteiger partial charge in [-0.25, -0.2) is 0 Å². The van der Waals surface area contributed by atoms with Gasteiger partial charge in [0.15, 0.2) is 0 Å². The van der Waals surface area contributed by atoms with Crippen LogP contribution in [0.25, 0.3) is 0 Å². The van der Waals surface area contributed by atoms with E-state index in [0.717, 1.165) is 5.92 Å². The van der Waals surface area contributed by atoms with Gasteiger partial charge in [-0.1, -0.05) is 71.8 Å². The van der Waals surface area contributed by atoms with Crippen molar-refractivity contribution in [1.82, 2.24) is 0 Å². The molecule has 0 nitrogen and oxygen atoms in total. The van der Waals surface area contributed by atoms with E-state index >= 15 is 0 Å². The summed E-state index contributed by atoms with van der Waals surface area (Å²) in [4.78, 5) is 0. The molecule has 4 unspecified atom stereocenters. The van der Waals surface area contributed by atoms with Crippen LogP contribution < -0.4 is 0 Å². The topological polar surface area (TPSA) is 0 Å². The van der Waals surface area contributed by atoms with Crippen molar-refractivity contribution in [2.45, 2.75) is 91.1 Å². The van der Waals surface area contributed by atoms with Gasteiger partial charge in [-0.15, -0.1) is 0 Å². The van der Waals surface area contributed by atoms with E-state index in [1.807, 2.05) is 0 Å². The van der Waals surface area contributed by atoms with Crippen molar-refractivity contribution >= 4 is 15.1 Å². The maximum absolute atomic E-state index is 6.77. The Balaban J connectivity index is 1.94. The van der Waals surface area contributed by atoms with E-state index in [1.165, 1.54) is 51.3 Å². The van der Waals surface area contributed by atoms with Crippen LogP contribution in [0.5, 0.6) is 0 Å². The normalized spacial score (nSPS) is 37.9. The van der Waals surface area contributed by atoms with E-state index in [4.69, 9.17) is 7.85 Å². The molecule has 0 aromatic rings. The minimum absolute atomic E-state index is 0.0760. The molecule has 2 aliphatic carbocycles. The fourth-order valence-electron chi connectivity index (χ4n) is 5.27. The third-order valence-corrected chi connectivity index (χ3v) is 7.19. The highest BCUT2D eigenvalue weighted by Gasteiger charge is 2.63. The molecule has 20 heavy (non-hydrogen) atoms. The van der Waals surface area contributed by atoms with Crippen LogP contribution in [0, 0.1) is 22.7 Å². The summed E-state index contributed by atoms with van der Waals surface area (Å²) in [5, 5.41) is -0.0760. The maximum atomic E-state index is 6.77. The van der Waals surface area contributed by atoms with E-state index in [9.17, 15) is 0 Å². The second-order valence-corrected chi connectivity index (χ2v) is 8.58. The average molecular weight is 271 g/mol. The summed E-state index contributed by atoms with van der Waals surface area (Å²) in [7, 11) is 9.23. The summed E-state index contributed by atoms with van der Waals surface area (Å²) in [5.74, 6) is 1.57. The summed E-state index contributed by atoms with van der Waals surface area (Å²) in [6.45, 7) is 12.1. The van der Waals surface area contributed by atoms with Crippen LogP contribution in [0.1, 0.15) is 79.6 Å². The average Bonchev–Trinajstić information content (AvgIpc) is 2.71. The zero-order chi connectivity index (χ0) is 15.0. The van der Waals surface area contributed by atoms with E-state index in [0.29, 0.717) is 16.7 Å². The first-order chi connectivity index (χ1) is 9.25. The summed E-state index contributed by atoms with van der Waals surface area (Å²) in [6, 6.07) is 0. The van der Waals surface area contributed by atoms with Crippen molar-refractivity contribution in [2.24, 2.45) is 22.7 Å². The number of hydrogen-bond acceptors (Lipinski definition) is 0. The smallest absolute Gasteiger partial charge is 0.0905 e. The van der Waals surface area contributed by atoms with Gasteiger partial charge in [0.05, 0.1) is 7.85 Å². The largest absolute Gasteiger partial charge is 0.106 e. The van der Waals surface area contributed by atoms with Gasteiger partial charge in [-0.2, -0.15) is 0 Å². The fraction of sp³-hybridized carbons (Fsp3) is 1.00. The van der Waals surface area contributed by atoms with Gasteiger partial charge >= 0.3 is 0 Å². The lowest BCUT2D eigenvalue weighted by molar-refractivity contribution is 0.0935. The Morgan fingerprint density at radius 1 is 1.20 bits per heavy atom. The summed E-state index contributed by atoms with van der Waals surface area (Å²) >= 11 is 0. The van der Waals surface area contributed by atoms with Crippen LogP contribution in [0.15, 0.2) is 0 Å². The van der Waals surface area contributed by atoms with Crippen LogP contribution in [0.4, 0.5) is 0 Å². The Morgan fingerprint density at radius 3 is 2.40 bits per heavy atom. The molecule has 0 aliphatic heterocycles. The van der Waals surface area contributed by atoms with Gasteiger partial charge in [0.1, 0.15) is 7.28 Å². The molecular weight excluding hydrogens is 238 g/mol. The van der Waals surface area contributed by atoms with Crippen molar-refractivity contribution in [3.63, 3.8) is 0 Å². The second kappa shape index (κ2) is 5.73. The van der Waals surface area contributed by atoms with Crippen LogP contribution >= 0.6 is 0 Å². The fourth-order valence-corrected chi connectivity index (χ4v) is 5.27. The van der Waals surface area contributed by atoms with Crippen molar-refractivity contribution < 1.29 is 0 Å². The molecule has 2 bridgehead atoms. The highest BCUT2D eigenvalue weighted by Crippen LogP contribution is 2.72. The molecule has 4 atom stereocenters. The molecule has 2 aliphatic rings. The maximum Gasteiger partial charge on any atom is 0.106 e. The van der Waals surface area contributed by atoms with Crippen LogP contribution in [0.2, 0.25) is 11.5 Å². The Hall–Kier alpha value is 0.130. The summed E-state index contributed by atoms with van der Waals surface area (Å²) in [5.41, 5.74) is 0.926. The molecule has 0 amide bonds. The van der Waals surface area contributed by atoms with Crippen molar-refractivity contribution in [2.75, 3.05) is 0 Å². The van der Waals surface area contributed by atoms with E-state index in [1.54, 1.807) is 0 Å². The van der Waals surface area contributed by atoms with Crippen LogP contribution in [0.3, 0.4) is 0 Å². The molecule has 0 spiro atoms. The van der Waals surface area contributed by atoms with Crippen molar-refractivity contribution in [3.05, 3.63) is 0 Å². The van der Waals surface area contributed by atoms with Gasteiger partial charge in [-0.05, 0) is 41.9 Å². The number of hydrogen-bond donors (Lipinski definition) is 0. The Morgan fingerprint density at radius 2 is 1.90 bits per heavy atom. The molecule has 0 N–H and O–H groups in total. The zero-order valence-corrected chi connectivity index (χ0v) is 14.5. The molecule has 2 fully saturated rings. The van der Waals surface area contributed by atoms with E-state index < -0.39 is 0 Å². The molecular formula is C18H33B2. The lowest BCUT2D eigenvalue weighted by Crippen LogP contribution is -2.40. The minimum Gasteiger partial charge on any atom is -0.0905 e. The lowest BCUT2D eigenvalue weighted by Gasteiger charge is -2.47. The Kier molecular flexibility index (Phi) is 4.73. The van der Waals surface area contributed by atoms with E-state index in [-0.39, 0.29) is 5.21 Å². The molecule has 0 heterocycles. The van der Waals surface area contributed by atoms with Gasteiger partial charge in [0.25, 0.3) is 0 Å². The second-order valence-electron chi connectivity index (χ2n) is 8.58. The molecule has 2 rings (SSSR count). The summed E-state index contributed by atoms with van der Waals surface area (Å²) in [6.07, 6.45) is 10.7. The zero-order valence-electron chi connectivity index (χ0n) is 14.5. The van der Waals surface area contributed by atoms with Gasteiger partial charge in [0.2, 0.25) is 0 Å². The SMILES string of the molecule is [B]C(C)([B]CCCCCC)C1CC2CCC1(C)C2(C)C. The van der Waals surface area contributed by atoms with E-state index in [2.05, 4.69) is 41.9 Å². The Labute approximate surface area is 129 Å². The summed E-state index contributed by atoms with van der Waals surface area (Å²) < 4.78 is 0. The first-order valence-electron chi connectivity index (χ1n) is 8.89. The van der Waals surface area contributed by atoms with Gasteiger partial charge in [0, 0.05) is 0 Å². The van der Waals surface area contributed by atoms with Gasteiger partial charge < -0.3 is 0 Å². The quantitative estimate of drug-likeness (QED) is 0.426. The number of fused-ring (bicyclic) bond motifs is 2. The van der Waals surface area contributed by atoms with Crippen molar-refractivity contribution in [1.29, 1.82) is 0 Å². The molecule has 3 radical (unpaired) electrons. The Bertz CT molecular complexity index is 334. The number of unbranched alkanes of at least 4 members (excludes halogenated alkanes) is 3. The predicted octanol–water partition coefficient (Wildman–Crippen LogP) is 5.46. The van der Waals surface area contributed by atoms with Gasteiger partial charge in [-0.3, -0.25) is 0 Å². The van der Waals surface area contributed by atoms with Crippen LogP contribution in [-0.4, -0.2) is 15.1 Å². The number of rotatable bonds is 7. The van der Waals surface area contributed by atoms with Crippen molar-refractivity contribution in [3.8, 4) is 0 Å². The highest BCUT2D eigenvalue weighted by molar-refractivity contribution is 6.53. The first-order valence-corrected chi connectivity index (χ1v) is 8.89. The molecule has 2 saturated carbocycles. The molecule has 111 valence electrons.